The summed E-state index contributed by atoms with van der Waals surface area (Å²) < 4.78 is 12.9. The van der Waals surface area contributed by atoms with Crippen LogP contribution < -0.4 is 5.32 Å². The standard InChI is InChI=1S/C16H24FNS/c1-12-3-5-13(6-4-12)16(18-2)11-19-15-9-7-14(17)8-10-15/h7-10,12-13,16,18H,3-6,11H2,1-2H3. The molecule has 1 aromatic rings. The van der Waals surface area contributed by atoms with E-state index < -0.39 is 0 Å². The lowest BCUT2D eigenvalue weighted by Gasteiger charge is -2.32. The first-order chi connectivity index (χ1) is 9.19. The second-order valence-electron chi connectivity index (χ2n) is 5.68. The molecule has 0 spiro atoms. The first-order valence-corrected chi connectivity index (χ1v) is 8.23. The molecule has 0 aliphatic heterocycles. The van der Waals surface area contributed by atoms with E-state index in [1.165, 1.54) is 25.7 Å². The molecule has 1 aliphatic carbocycles. The molecule has 1 fully saturated rings. The molecule has 1 aliphatic rings. The number of hydrogen-bond donors (Lipinski definition) is 1. The molecule has 1 saturated carbocycles. The zero-order valence-corrected chi connectivity index (χ0v) is 12.7. The molecule has 3 heteroatoms. The molecule has 0 saturated heterocycles. The van der Waals surface area contributed by atoms with Gasteiger partial charge in [-0.3, -0.25) is 0 Å². The number of nitrogens with one attached hydrogen (secondary N) is 1. The first-order valence-electron chi connectivity index (χ1n) is 7.24. The predicted octanol–water partition coefficient (Wildman–Crippen LogP) is 4.33. The van der Waals surface area contributed by atoms with Crippen LogP contribution in [0.5, 0.6) is 0 Å². The van der Waals surface area contributed by atoms with Crippen LogP contribution in [0.15, 0.2) is 29.2 Å². The maximum absolute atomic E-state index is 12.9. The van der Waals surface area contributed by atoms with Crippen molar-refractivity contribution in [3.63, 3.8) is 0 Å². The Morgan fingerprint density at radius 1 is 1.21 bits per heavy atom. The topological polar surface area (TPSA) is 12.0 Å². The lowest BCUT2D eigenvalue weighted by atomic mass is 9.80. The van der Waals surface area contributed by atoms with Gasteiger partial charge in [0.05, 0.1) is 0 Å². The van der Waals surface area contributed by atoms with E-state index in [1.54, 1.807) is 12.1 Å². The van der Waals surface area contributed by atoms with Crippen molar-refractivity contribution >= 4 is 11.8 Å². The Kier molecular flexibility index (Phi) is 5.71. The van der Waals surface area contributed by atoms with Crippen LogP contribution in [-0.2, 0) is 0 Å². The first kappa shape index (κ1) is 14.9. The molecule has 0 aromatic heterocycles. The Morgan fingerprint density at radius 2 is 1.84 bits per heavy atom. The van der Waals surface area contributed by atoms with E-state index in [1.807, 2.05) is 23.9 Å². The van der Waals surface area contributed by atoms with E-state index in [-0.39, 0.29) is 5.82 Å². The van der Waals surface area contributed by atoms with Crippen molar-refractivity contribution in [3.05, 3.63) is 30.1 Å². The molecule has 0 amide bonds. The van der Waals surface area contributed by atoms with Gasteiger partial charge in [0, 0.05) is 16.7 Å². The Bertz CT molecular complexity index is 371. The van der Waals surface area contributed by atoms with E-state index in [9.17, 15) is 4.39 Å². The third-order valence-electron chi connectivity index (χ3n) is 4.24. The zero-order chi connectivity index (χ0) is 13.7. The molecule has 106 valence electrons. The summed E-state index contributed by atoms with van der Waals surface area (Å²) in [4.78, 5) is 1.16. The van der Waals surface area contributed by atoms with Gasteiger partial charge in [0.15, 0.2) is 0 Å². The number of hydrogen-bond acceptors (Lipinski definition) is 2. The number of thioether (sulfide) groups is 1. The molecule has 1 unspecified atom stereocenters. The molecular weight excluding hydrogens is 257 g/mol. The fraction of sp³-hybridized carbons (Fsp3) is 0.625. The van der Waals surface area contributed by atoms with Gasteiger partial charge < -0.3 is 5.32 Å². The van der Waals surface area contributed by atoms with Gasteiger partial charge in [-0.2, -0.15) is 0 Å². The van der Waals surface area contributed by atoms with Gasteiger partial charge in [0.25, 0.3) is 0 Å². The SMILES string of the molecule is CNC(CSc1ccc(F)cc1)C1CCC(C)CC1. The van der Waals surface area contributed by atoms with Crippen molar-refractivity contribution < 1.29 is 4.39 Å². The molecule has 2 rings (SSSR count). The molecule has 1 nitrogen and oxygen atoms in total. The van der Waals surface area contributed by atoms with E-state index in [2.05, 4.69) is 19.3 Å². The molecule has 0 bridgehead atoms. The van der Waals surface area contributed by atoms with E-state index in [0.717, 1.165) is 22.5 Å². The smallest absolute Gasteiger partial charge is 0.123 e. The van der Waals surface area contributed by atoms with Crippen LogP contribution in [0.2, 0.25) is 0 Å². The Balaban J connectivity index is 1.83. The number of halogens is 1. The van der Waals surface area contributed by atoms with Crippen LogP contribution in [0, 0.1) is 17.7 Å². The average Bonchev–Trinajstić information content (AvgIpc) is 2.43. The van der Waals surface area contributed by atoms with Crippen LogP contribution in [0.3, 0.4) is 0 Å². The van der Waals surface area contributed by atoms with Crippen molar-refractivity contribution in [3.8, 4) is 0 Å². The van der Waals surface area contributed by atoms with Crippen LogP contribution in [0.1, 0.15) is 32.6 Å². The van der Waals surface area contributed by atoms with Crippen molar-refractivity contribution in [2.45, 2.75) is 43.5 Å². The van der Waals surface area contributed by atoms with Crippen LogP contribution >= 0.6 is 11.8 Å². The summed E-state index contributed by atoms with van der Waals surface area (Å²) in [6.45, 7) is 2.36. The third kappa shape index (κ3) is 4.50. The average molecular weight is 281 g/mol. The van der Waals surface area contributed by atoms with Gasteiger partial charge in [-0.05, 0) is 56.0 Å². The Morgan fingerprint density at radius 3 is 2.42 bits per heavy atom. The van der Waals surface area contributed by atoms with Gasteiger partial charge in [0.1, 0.15) is 5.82 Å². The lowest BCUT2D eigenvalue weighted by molar-refractivity contribution is 0.248. The summed E-state index contributed by atoms with van der Waals surface area (Å²) in [5.41, 5.74) is 0. The molecule has 1 aromatic carbocycles. The highest BCUT2D eigenvalue weighted by molar-refractivity contribution is 7.99. The van der Waals surface area contributed by atoms with Crippen molar-refractivity contribution in [1.82, 2.24) is 5.32 Å². The molecule has 1 atom stereocenters. The third-order valence-corrected chi connectivity index (χ3v) is 5.37. The minimum Gasteiger partial charge on any atom is -0.316 e. The van der Waals surface area contributed by atoms with Gasteiger partial charge in [-0.25, -0.2) is 4.39 Å². The second kappa shape index (κ2) is 7.30. The monoisotopic (exact) mass is 281 g/mol. The summed E-state index contributed by atoms with van der Waals surface area (Å²) in [6.07, 6.45) is 5.42. The maximum Gasteiger partial charge on any atom is 0.123 e. The largest absolute Gasteiger partial charge is 0.316 e. The summed E-state index contributed by atoms with van der Waals surface area (Å²) in [7, 11) is 2.06. The highest BCUT2D eigenvalue weighted by Crippen LogP contribution is 2.32. The van der Waals surface area contributed by atoms with Crippen LogP contribution in [0.4, 0.5) is 4.39 Å². The highest BCUT2D eigenvalue weighted by atomic mass is 32.2. The zero-order valence-electron chi connectivity index (χ0n) is 11.9. The molecule has 0 radical (unpaired) electrons. The molecular formula is C16H24FNS. The number of rotatable bonds is 5. The summed E-state index contributed by atoms with van der Waals surface area (Å²) in [5.74, 6) is 2.62. The van der Waals surface area contributed by atoms with Crippen LogP contribution in [-0.4, -0.2) is 18.8 Å². The molecule has 19 heavy (non-hydrogen) atoms. The van der Waals surface area contributed by atoms with Gasteiger partial charge >= 0.3 is 0 Å². The second-order valence-corrected chi connectivity index (χ2v) is 6.77. The molecule has 1 N–H and O–H groups in total. The van der Waals surface area contributed by atoms with Gasteiger partial charge in [-0.15, -0.1) is 11.8 Å². The normalized spacial score (nSPS) is 25.2. The van der Waals surface area contributed by atoms with Crippen molar-refractivity contribution in [1.29, 1.82) is 0 Å². The van der Waals surface area contributed by atoms with E-state index in [4.69, 9.17) is 0 Å². The Hall–Kier alpha value is -0.540. The quantitative estimate of drug-likeness (QED) is 0.806. The fourth-order valence-electron chi connectivity index (χ4n) is 2.86. The summed E-state index contributed by atoms with van der Waals surface area (Å²) in [6, 6.07) is 7.39. The highest BCUT2D eigenvalue weighted by Gasteiger charge is 2.24. The summed E-state index contributed by atoms with van der Waals surface area (Å²) in [5, 5.41) is 3.47. The summed E-state index contributed by atoms with van der Waals surface area (Å²) >= 11 is 1.83. The van der Waals surface area contributed by atoms with E-state index in [0.29, 0.717) is 6.04 Å². The minimum atomic E-state index is -0.157. The lowest BCUT2D eigenvalue weighted by Crippen LogP contribution is -2.37. The van der Waals surface area contributed by atoms with E-state index >= 15 is 0 Å². The Labute approximate surface area is 120 Å². The minimum absolute atomic E-state index is 0.157. The molecule has 0 heterocycles. The number of benzene rings is 1. The van der Waals surface area contributed by atoms with Crippen molar-refractivity contribution in [2.24, 2.45) is 11.8 Å². The fourth-order valence-corrected chi connectivity index (χ4v) is 4.00. The maximum atomic E-state index is 12.9. The van der Waals surface area contributed by atoms with Gasteiger partial charge in [0.2, 0.25) is 0 Å². The van der Waals surface area contributed by atoms with Gasteiger partial charge in [-0.1, -0.05) is 19.8 Å². The predicted molar refractivity (Wildman–Crippen MR) is 81.1 cm³/mol. The van der Waals surface area contributed by atoms with Crippen molar-refractivity contribution in [2.75, 3.05) is 12.8 Å². The van der Waals surface area contributed by atoms with Crippen LogP contribution in [0.25, 0.3) is 0 Å².